The van der Waals surface area contributed by atoms with Gasteiger partial charge in [-0.25, -0.2) is 4.98 Å². The number of benzene rings is 1. The van der Waals surface area contributed by atoms with Crippen molar-refractivity contribution in [2.45, 2.75) is 12.8 Å². The van der Waals surface area contributed by atoms with Gasteiger partial charge in [0.1, 0.15) is 5.82 Å². The van der Waals surface area contributed by atoms with Gasteiger partial charge in [0, 0.05) is 34.6 Å². The number of halogens is 2. The Labute approximate surface area is 132 Å². The number of hydrogen-bond acceptors (Lipinski definition) is 3. The largest absolute Gasteiger partial charge is 0.311 e. The SMILES string of the molecule is O=C(CCC(=O)c1ccc(Cl)cc1)Nc1cc(Cl)ccn1. The van der Waals surface area contributed by atoms with Crippen molar-refractivity contribution in [2.75, 3.05) is 5.32 Å². The van der Waals surface area contributed by atoms with Gasteiger partial charge < -0.3 is 5.32 Å². The molecule has 0 aliphatic carbocycles. The van der Waals surface area contributed by atoms with Crippen LogP contribution < -0.4 is 5.32 Å². The molecule has 0 bridgehead atoms. The van der Waals surface area contributed by atoms with Gasteiger partial charge in [-0.15, -0.1) is 0 Å². The van der Waals surface area contributed by atoms with Crippen LogP contribution in [-0.4, -0.2) is 16.7 Å². The van der Waals surface area contributed by atoms with Crippen LogP contribution in [0.5, 0.6) is 0 Å². The van der Waals surface area contributed by atoms with Gasteiger partial charge in [0.15, 0.2) is 5.78 Å². The number of pyridine rings is 1. The molecule has 1 aromatic heterocycles. The fourth-order valence-corrected chi connectivity index (χ4v) is 1.97. The molecule has 0 saturated heterocycles. The Bertz CT molecular complexity index is 657. The van der Waals surface area contributed by atoms with Crippen LogP contribution in [0.25, 0.3) is 0 Å². The Kier molecular flexibility index (Phi) is 5.31. The summed E-state index contributed by atoms with van der Waals surface area (Å²) in [6, 6.07) is 9.72. The van der Waals surface area contributed by atoms with Gasteiger partial charge in [-0.3, -0.25) is 9.59 Å². The Morgan fingerprint density at radius 2 is 1.71 bits per heavy atom. The Morgan fingerprint density at radius 1 is 1.00 bits per heavy atom. The first kappa shape index (κ1) is 15.5. The van der Waals surface area contributed by atoms with Crippen molar-refractivity contribution in [3.63, 3.8) is 0 Å². The number of aromatic nitrogens is 1. The number of nitrogens with zero attached hydrogens (tertiary/aromatic N) is 1. The fraction of sp³-hybridized carbons (Fsp3) is 0.133. The van der Waals surface area contributed by atoms with E-state index in [9.17, 15) is 9.59 Å². The Hall–Kier alpha value is -1.91. The second-order valence-electron chi connectivity index (χ2n) is 4.34. The molecular weight excluding hydrogens is 311 g/mol. The average Bonchev–Trinajstić information content (AvgIpc) is 2.45. The number of carbonyl (C=O) groups is 2. The summed E-state index contributed by atoms with van der Waals surface area (Å²) in [4.78, 5) is 27.6. The van der Waals surface area contributed by atoms with E-state index in [1.807, 2.05) is 0 Å². The minimum Gasteiger partial charge on any atom is -0.311 e. The molecule has 2 rings (SSSR count). The maximum atomic E-state index is 11.9. The maximum Gasteiger partial charge on any atom is 0.225 e. The van der Waals surface area contributed by atoms with Gasteiger partial charge in [-0.2, -0.15) is 0 Å². The van der Waals surface area contributed by atoms with E-state index in [0.29, 0.717) is 21.4 Å². The lowest BCUT2D eigenvalue weighted by molar-refractivity contribution is -0.116. The zero-order valence-electron chi connectivity index (χ0n) is 11.0. The molecule has 0 radical (unpaired) electrons. The Balaban J connectivity index is 1.86. The van der Waals surface area contributed by atoms with Crippen molar-refractivity contribution in [1.82, 2.24) is 4.98 Å². The monoisotopic (exact) mass is 322 g/mol. The standard InChI is InChI=1S/C15H12Cl2N2O2/c16-11-3-1-10(2-4-11)13(20)5-6-15(21)19-14-9-12(17)7-8-18-14/h1-4,7-9H,5-6H2,(H,18,19,21). The summed E-state index contributed by atoms with van der Waals surface area (Å²) >= 11 is 11.5. The lowest BCUT2D eigenvalue weighted by Gasteiger charge is -2.04. The molecule has 1 aromatic carbocycles. The Morgan fingerprint density at radius 3 is 2.38 bits per heavy atom. The maximum absolute atomic E-state index is 11.9. The summed E-state index contributed by atoms with van der Waals surface area (Å²) in [5.41, 5.74) is 0.535. The predicted octanol–water partition coefficient (Wildman–Crippen LogP) is 3.99. The van der Waals surface area contributed by atoms with E-state index in [4.69, 9.17) is 23.2 Å². The zero-order chi connectivity index (χ0) is 15.2. The van der Waals surface area contributed by atoms with E-state index in [1.165, 1.54) is 6.20 Å². The van der Waals surface area contributed by atoms with Crippen LogP contribution in [0.1, 0.15) is 23.2 Å². The molecule has 0 aliphatic rings. The third-order valence-electron chi connectivity index (χ3n) is 2.73. The molecular formula is C15H12Cl2N2O2. The lowest BCUT2D eigenvalue weighted by Crippen LogP contribution is -2.14. The number of hydrogen-bond donors (Lipinski definition) is 1. The quantitative estimate of drug-likeness (QED) is 0.847. The van der Waals surface area contributed by atoms with Crippen molar-refractivity contribution in [1.29, 1.82) is 0 Å². The van der Waals surface area contributed by atoms with Gasteiger partial charge in [0.05, 0.1) is 0 Å². The number of ketones is 1. The smallest absolute Gasteiger partial charge is 0.225 e. The third kappa shape index (κ3) is 4.85. The van der Waals surface area contributed by atoms with Gasteiger partial charge >= 0.3 is 0 Å². The van der Waals surface area contributed by atoms with Crippen LogP contribution in [0.4, 0.5) is 5.82 Å². The molecule has 2 aromatic rings. The molecule has 108 valence electrons. The molecule has 0 spiro atoms. The van der Waals surface area contributed by atoms with Crippen molar-refractivity contribution in [3.8, 4) is 0 Å². The van der Waals surface area contributed by atoms with E-state index >= 15 is 0 Å². The molecule has 6 heteroatoms. The van der Waals surface area contributed by atoms with Gasteiger partial charge in [0.25, 0.3) is 0 Å². The summed E-state index contributed by atoms with van der Waals surface area (Å²) in [7, 11) is 0. The molecule has 1 amide bonds. The highest BCUT2D eigenvalue weighted by Crippen LogP contribution is 2.14. The average molecular weight is 323 g/mol. The molecule has 0 aliphatic heterocycles. The van der Waals surface area contributed by atoms with Crippen molar-refractivity contribution >= 4 is 40.7 Å². The first-order chi connectivity index (χ1) is 10.0. The first-order valence-electron chi connectivity index (χ1n) is 6.25. The first-order valence-corrected chi connectivity index (χ1v) is 7.00. The van der Waals surface area contributed by atoms with Crippen LogP contribution in [0.15, 0.2) is 42.6 Å². The van der Waals surface area contributed by atoms with Crippen molar-refractivity contribution in [3.05, 3.63) is 58.2 Å². The number of amides is 1. The molecule has 21 heavy (non-hydrogen) atoms. The number of carbonyl (C=O) groups excluding carboxylic acids is 2. The van der Waals surface area contributed by atoms with E-state index < -0.39 is 0 Å². The lowest BCUT2D eigenvalue weighted by atomic mass is 10.1. The summed E-state index contributed by atoms with van der Waals surface area (Å²) in [5.74, 6) is -0.0283. The molecule has 0 fully saturated rings. The van der Waals surface area contributed by atoms with Crippen LogP contribution in [0.2, 0.25) is 10.0 Å². The summed E-state index contributed by atoms with van der Waals surface area (Å²) in [6.07, 6.45) is 1.69. The third-order valence-corrected chi connectivity index (χ3v) is 3.22. The molecule has 4 nitrogen and oxygen atoms in total. The molecule has 0 unspecified atom stereocenters. The predicted molar refractivity (Wildman–Crippen MR) is 82.9 cm³/mol. The number of nitrogens with one attached hydrogen (secondary N) is 1. The van der Waals surface area contributed by atoms with Gasteiger partial charge in [-0.1, -0.05) is 23.2 Å². The highest BCUT2D eigenvalue weighted by molar-refractivity contribution is 6.31. The van der Waals surface area contributed by atoms with Crippen LogP contribution in [0, 0.1) is 0 Å². The highest BCUT2D eigenvalue weighted by Gasteiger charge is 2.10. The second kappa shape index (κ2) is 7.20. The van der Waals surface area contributed by atoms with Gasteiger partial charge in [-0.05, 0) is 36.4 Å². The fourth-order valence-electron chi connectivity index (χ4n) is 1.69. The van der Waals surface area contributed by atoms with Crippen molar-refractivity contribution < 1.29 is 9.59 Å². The molecule has 0 atom stereocenters. The number of Topliss-reactive ketones (excluding diaryl/α,β-unsaturated/α-hetero) is 1. The van der Waals surface area contributed by atoms with E-state index in [0.717, 1.165) is 0 Å². The van der Waals surface area contributed by atoms with E-state index in [-0.39, 0.29) is 24.5 Å². The minimum atomic E-state index is -0.285. The molecule has 1 N–H and O–H groups in total. The van der Waals surface area contributed by atoms with Crippen LogP contribution in [-0.2, 0) is 4.79 Å². The molecule has 0 saturated carbocycles. The summed E-state index contributed by atoms with van der Waals surface area (Å²) in [6.45, 7) is 0. The van der Waals surface area contributed by atoms with Crippen molar-refractivity contribution in [2.24, 2.45) is 0 Å². The van der Waals surface area contributed by atoms with Gasteiger partial charge in [0.2, 0.25) is 5.91 Å². The number of rotatable bonds is 5. The van der Waals surface area contributed by atoms with Crippen LogP contribution >= 0.6 is 23.2 Å². The van der Waals surface area contributed by atoms with E-state index in [1.54, 1.807) is 36.4 Å². The highest BCUT2D eigenvalue weighted by atomic mass is 35.5. The zero-order valence-corrected chi connectivity index (χ0v) is 12.5. The summed E-state index contributed by atoms with van der Waals surface area (Å²) in [5, 5.41) is 3.64. The second-order valence-corrected chi connectivity index (χ2v) is 5.21. The minimum absolute atomic E-state index is 0.0790. The summed E-state index contributed by atoms with van der Waals surface area (Å²) < 4.78 is 0. The molecule has 1 heterocycles. The van der Waals surface area contributed by atoms with Crippen LogP contribution in [0.3, 0.4) is 0 Å². The number of anilines is 1. The van der Waals surface area contributed by atoms with E-state index in [2.05, 4.69) is 10.3 Å². The normalized spacial score (nSPS) is 10.2. The topological polar surface area (TPSA) is 59.1 Å².